The fraction of sp³-hybridized carbons (Fsp3) is 0.133. The molecule has 4 nitrogen and oxygen atoms in total. The first-order valence-electron chi connectivity index (χ1n) is 6.17. The Morgan fingerprint density at radius 3 is 2.48 bits per heavy atom. The predicted octanol–water partition coefficient (Wildman–Crippen LogP) is 3.11. The van der Waals surface area contributed by atoms with E-state index in [4.69, 9.17) is 5.26 Å². The maximum Gasteiger partial charge on any atom is 0.241 e. The number of rotatable bonds is 4. The van der Waals surface area contributed by atoms with E-state index in [-0.39, 0.29) is 11.4 Å². The zero-order chi connectivity index (χ0) is 15.5. The Balaban J connectivity index is 2.23. The fourth-order valence-corrected chi connectivity index (χ4v) is 3.37. The predicted molar refractivity (Wildman–Crippen MR) is 84.1 cm³/mol. The molecule has 0 bridgehead atoms. The van der Waals surface area contributed by atoms with Crippen LogP contribution in [0.5, 0.6) is 0 Å². The highest BCUT2D eigenvalue weighted by atomic mass is 79.9. The third-order valence-electron chi connectivity index (χ3n) is 2.99. The van der Waals surface area contributed by atoms with Crippen LogP contribution in [0.25, 0.3) is 0 Å². The molecule has 2 aromatic carbocycles. The van der Waals surface area contributed by atoms with E-state index in [0.29, 0.717) is 11.1 Å². The molecule has 0 aliphatic carbocycles. The number of nitriles is 1. The Morgan fingerprint density at radius 1 is 1.19 bits per heavy atom. The normalized spacial score (nSPS) is 11.1. The highest BCUT2D eigenvalue weighted by Gasteiger charge is 2.17. The molecule has 2 aromatic rings. The summed E-state index contributed by atoms with van der Waals surface area (Å²) in [5, 5.41) is 8.88. The van der Waals surface area contributed by atoms with E-state index in [1.54, 1.807) is 19.1 Å². The van der Waals surface area contributed by atoms with Gasteiger partial charge in [-0.2, -0.15) is 5.26 Å². The van der Waals surface area contributed by atoms with Crippen LogP contribution < -0.4 is 4.72 Å². The van der Waals surface area contributed by atoms with Gasteiger partial charge >= 0.3 is 0 Å². The van der Waals surface area contributed by atoms with Crippen LogP contribution in [0.4, 0.5) is 0 Å². The lowest BCUT2D eigenvalue weighted by molar-refractivity contribution is 0.580. The number of hydrogen-bond donors (Lipinski definition) is 1. The molecule has 0 saturated heterocycles. The molecule has 0 aliphatic heterocycles. The van der Waals surface area contributed by atoms with Gasteiger partial charge in [0.15, 0.2) is 0 Å². The van der Waals surface area contributed by atoms with Gasteiger partial charge in [-0.15, -0.1) is 0 Å². The minimum Gasteiger partial charge on any atom is -0.207 e. The summed E-state index contributed by atoms with van der Waals surface area (Å²) in [6, 6.07) is 14.0. The number of benzene rings is 2. The molecule has 1 N–H and O–H groups in total. The van der Waals surface area contributed by atoms with Gasteiger partial charge in [0.1, 0.15) is 0 Å². The largest absolute Gasteiger partial charge is 0.241 e. The van der Waals surface area contributed by atoms with Crippen LogP contribution in [0.3, 0.4) is 0 Å². The Labute approximate surface area is 132 Å². The molecule has 0 unspecified atom stereocenters. The van der Waals surface area contributed by atoms with Crippen molar-refractivity contribution >= 4 is 26.0 Å². The van der Waals surface area contributed by atoms with Gasteiger partial charge in [-0.05, 0) is 42.3 Å². The maximum absolute atomic E-state index is 12.3. The molecule has 0 saturated carbocycles. The molecule has 0 aromatic heterocycles. The van der Waals surface area contributed by atoms with E-state index >= 15 is 0 Å². The van der Waals surface area contributed by atoms with Crippen molar-refractivity contribution in [3.05, 3.63) is 63.6 Å². The van der Waals surface area contributed by atoms with Crippen LogP contribution in [0.2, 0.25) is 0 Å². The monoisotopic (exact) mass is 364 g/mol. The van der Waals surface area contributed by atoms with Gasteiger partial charge in [0.05, 0.1) is 16.5 Å². The first kappa shape index (κ1) is 15.7. The average Bonchev–Trinajstić information content (AvgIpc) is 2.47. The molecule has 108 valence electrons. The number of hydrogen-bond acceptors (Lipinski definition) is 3. The van der Waals surface area contributed by atoms with Crippen molar-refractivity contribution in [1.82, 2.24) is 4.72 Å². The second-order valence-corrected chi connectivity index (χ2v) is 7.19. The Hall–Kier alpha value is -1.68. The van der Waals surface area contributed by atoms with Crippen molar-refractivity contribution in [2.45, 2.75) is 18.4 Å². The molecule has 0 amide bonds. The van der Waals surface area contributed by atoms with E-state index in [9.17, 15) is 8.42 Å². The third kappa shape index (κ3) is 3.91. The Kier molecular flexibility index (Phi) is 4.78. The minimum absolute atomic E-state index is 0.138. The van der Waals surface area contributed by atoms with Crippen LogP contribution in [0.15, 0.2) is 51.8 Å². The number of aryl methyl sites for hydroxylation is 1. The summed E-state index contributed by atoms with van der Waals surface area (Å²) >= 11 is 3.33. The van der Waals surface area contributed by atoms with Gasteiger partial charge in [-0.1, -0.05) is 34.1 Å². The smallest absolute Gasteiger partial charge is 0.207 e. The zero-order valence-corrected chi connectivity index (χ0v) is 13.7. The van der Waals surface area contributed by atoms with Crippen molar-refractivity contribution in [1.29, 1.82) is 5.26 Å². The zero-order valence-electron chi connectivity index (χ0n) is 11.3. The number of nitrogens with zero attached hydrogens (tertiary/aromatic N) is 1. The van der Waals surface area contributed by atoms with Crippen LogP contribution >= 0.6 is 15.9 Å². The van der Waals surface area contributed by atoms with E-state index in [0.717, 1.165) is 10.0 Å². The van der Waals surface area contributed by atoms with Gasteiger partial charge in [-0.25, -0.2) is 13.1 Å². The summed E-state index contributed by atoms with van der Waals surface area (Å²) in [4.78, 5) is 0.138. The maximum atomic E-state index is 12.3. The van der Waals surface area contributed by atoms with E-state index in [2.05, 4.69) is 20.7 Å². The van der Waals surface area contributed by atoms with Crippen molar-refractivity contribution in [3.8, 4) is 6.07 Å². The Bertz CT molecular complexity index is 793. The molecule has 0 aliphatic rings. The first-order valence-corrected chi connectivity index (χ1v) is 8.45. The molecule has 0 atom stereocenters. The standard InChI is InChI=1S/C15H13BrN2O2S/c1-11-2-3-13(9-17)8-15(11)21(19,20)18-10-12-4-6-14(16)7-5-12/h2-8,18H,10H2,1H3. The second-order valence-electron chi connectivity index (χ2n) is 4.54. The molecule has 0 fully saturated rings. The van der Waals surface area contributed by atoms with Crippen LogP contribution in [-0.2, 0) is 16.6 Å². The van der Waals surface area contributed by atoms with Gasteiger partial charge < -0.3 is 0 Å². The second kappa shape index (κ2) is 6.39. The topological polar surface area (TPSA) is 70.0 Å². The fourth-order valence-electron chi connectivity index (χ4n) is 1.82. The molecule has 21 heavy (non-hydrogen) atoms. The highest BCUT2D eigenvalue weighted by Crippen LogP contribution is 2.17. The third-order valence-corrected chi connectivity index (χ3v) is 5.06. The van der Waals surface area contributed by atoms with Crippen LogP contribution in [-0.4, -0.2) is 8.42 Å². The van der Waals surface area contributed by atoms with E-state index < -0.39 is 10.0 Å². The number of sulfonamides is 1. The first-order chi connectivity index (χ1) is 9.92. The lowest BCUT2D eigenvalue weighted by atomic mass is 10.2. The molecule has 6 heteroatoms. The molecular weight excluding hydrogens is 352 g/mol. The summed E-state index contributed by atoms with van der Waals surface area (Å²) < 4.78 is 28.2. The van der Waals surface area contributed by atoms with Crippen molar-refractivity contribution < 1.29 is 8.42 Å². The summed E-state index contributed by atoms with van der Waals surface area (Å²) in [6.07, 6.45) is 0. The molecular formula is C15H13BrN2O2S. The van der Waals surface area contributed by atoms with Gasteiger partial charge in [0, 0.05) is 11.0 Å². The minimum atomic E-state index is -3.64. The van der Waals surface area contributed by atoms with Crippen molar-refractivity contribution in [2.24, 2.45) is 0 Å². The summed E-state index contributed by atoms with van der Waals surface area (Å²) in [5.74, 6) is 0. The number of nitrogens with one attached hydrogen (secondary N) is 1. The van der Waals surface area contributed by atoms with Crippen LogP contribution in [0, 0.1) is 18.3 Å². The van der Waals surface area contributed by atoms with Crippen molar-refractivity contribution in [2.75, 3.05) is 0 Å². The number of halogens is 1. The highest BCUT2D eigenvalue weighted by molar-refractivity contribution is 9.10. The lowest BCUT2D eigenvalue weighted by Gasteiger charge is -2.10. The molecule has 0 radical (unpaired) electrons. The van der Waals surface area contributed by atoms with Gasteiger partial charge in [0.25, 0.3) is 0 Å². The lowest BCUT2D eigenvalue weighted by Crippen LogP contribution is -2.24. The summed E-state index contributed by atoms with van der Waals surface area (Å²) in [7, 11) is -3.64. The molecule has 0 heterocycles. The van der Waals surface area contributed by atoms with Crippen molar-refractivity contribution in [3.63, 3.8) is 0 Å². The molecule has 0 spiro atoms. The summed E-state index contributed by atoms with van der Waals surface area (Å²) in [6.45, 7) is 1.90. The molecule has 2 rings (SSSR count). The SMILES string of the molecule is Cc1ccc(C#N)cc1S(=O)(=O)NCc1ccc(Br)cc1. The van der Waals surface area contributed by atoms with Gasteiger partial charge in [0.2, 0.25) is 10.0 Å². The van der Waals surface area contributed by atoms with Crippen LogP contribution in [0.1, 0.15) is 16.7 Å². The van der Waals surface area contributed by atoms with Gasteiger partial charge in [-0.3, -0.25) is 0 Å². The average molecular weight is 365 g/mol. The quantitative estimate of drug-likeness (QED) is 0.905. The Morgan fingerprint density at radius 2 is 1.86 bits per heavy atom. The van der Waals surface area contributed by atoms with E-state index in [1.165, 1.54) is 6.07 Å². The van der Waals surface area contributed by atoms with E-state index in [1.807, 2.05) is 30.3 Å². The summed E-state index contributed by atoms with van der Waals surface area (Å²) in [5.41, 5.74) is 1.79.